The second-order valence-electron chi connectivity index (χ2n) is 7.52. The molecule has 0 unspecified atom stereocenters. The first-order valence-electron chi connectivity index (χ1n) is 9.92. The normalized spacial score (nSPS) is 19.0. The Hall–Kier alpha value is -3.06. The first-order valence-corrected chi connectivity index (χ1v) is 9.92. The number of aromatic nitrogens is 3. The highest BCUT2D eigenvalue weighted by molar-refractivity contribution is 5.77. The van der Waals surface area contributed by atoms with Crippen LogP contribution in [0.1, 0.15) is 18.5 Å². The van der Waals surface area contributed by atoms with Crippen molar-refractivity contribution in [2.45, 2.75) is 31.9 Å². The van der Waals surface area contributed by atoms with E-state index in [1.165, 1.54) is 6.33 Å². The Morgan fingerprint density at radius 2 is 1.93 bits per heavy atom. The van der Waals surface area contributed by atoms with Crippen LogP contribution >= 0.6 is 0 Å². The number of para-hydroxylation sites is 1. The Morgan fingerprint density at radius 3 is 2.76 bits per heavy atom. The average Bonchev–Trinajstić information content (AvgIpc) is 3.11. The van der Waals surface area contributed by atoms with Crippen LogP contribution in [0.4, 0.5) is 0 Å². The summed E-state index contributed by atoms with van der Waals surface area (Å²) in [5.74, 6) is 0.00975. The molecule has 1 N–H and O–H groups in total. The first kappa shape index (κ1) is 19.3. The number of aryl methyl sites for hydroxylation is 1. The zero-order chi connectivity index (χ0) is 20.2. The molecule has 7 nitrogen and oxygen atoms in total. The van der Waals surface area contributed by atoms with Crippen LogP contribution in [0, 0.1) is 5.92 Å². The van der Waals surface area contributed by atoms with Crippen molar-refractivity contribution in [3.05, 3.63) is 71.0 Å². The monoisotopic (exact) mass is 392 g/mol. The number of aliphatic hydroxyl groups excluding tert-OH is 1. The summed E-state index contributed by atoms with van der Waals surface area (Å²) >= 11 is 0. The highest BCUT2D eigenvalue weighted by atomic mass is 16.3. The molecule has 2 atom stereocenters. The van der Waals surface area contributed by atoms with Crippen LogP contribution in [0.3, 0.4) is 0 Å². The first-order chi connectivity index (χ1) is 14.1. The molecule has 0 aliphatic carbocycles. The van der Waals surface area contributed by atoms with E-state index in [0.717, 1.165) is 5.69 Å². The molecule has 0 radical (unpaired) electrons. The maximum absolute atomic E-state index is 12.6. The van der Waals surface area contributed by atoms with E-state index in [1.54, 1.807) is 21.7 Å². The van der Waals surface area contributed by atoms with Crippen molar-refractivity contribution in [3.8, 4) is 0 Å². The molecule has 1 aliphatic heterocycles. The van der Waals surface area contributed by atoms with Crippen LogP contribution in [-0.2, 0) is 17.8 Å². The molecular formula is C22H24N4O3. The number of benzene rings is 1. The Balaban J connectivity index is 1.31. The predicted octanol–water partition coefficient (Wildman–Crippen LogP) is 1.63. The van der Waals surface area contributed by atoms with Gasteiger partial charge in [-0.1, -0.05) is 18.2 Å². The summed E-state index contributed by atoms with van der Waals surface area (Å²) in [4.78, 5) is 35.4. The summed E-state index contributed by atoms with van der Waals surface area (Å²) in [6.07, 6.45) is 4.29. The summed E-state index contributed by atoms with van der Waals surface area (Å²) in [7, 11) is 0. The molecule has 1 saturated heterocycles. The van der Waals surface area contributed by atoms with E-state index in [0.29, 0.717) is 49.8 Å². The van der Waals surface area contributed by atoms with E-state index in [-0.39, 0.29) is 17.4 Å². The topological polar surface area (TPSA) is 88.3 Å². The Labute approximate surface area is 168 Å². The van der Waals surface area contributed by atoms with Crippen LogP contribution in [-0.4, -0.2) is 49.6 Å². The van der Waals surface area contributed by atoms with E-state index in [4.69, 9.17) is 0 Å². The standard InChI is InChI=1S/C22H24N4O3/c27-20-14-26(13-16(20)12-17-6-3-4-10-23-17)21(28)9-5-11-25-15-24-19-8-2-1-7-18(19)22(25)29/h1-4,6-8,10,15-16,20,27H,5,9,11-14H2/t16-,20-/m1/s1. The van der Waals surface area contributed by atoms with Gasteiger partial charge in [0.25, 0.3) is 5.56 Å². The van der Waals surface area contributed by atoms with Gasteiger partial charge in [0.05, 0.1) is 23.3 Å². The van der Waals surface area contributed by atoms with Crippen LogP contribution in [0.2, 0.25) is 0 Å². The molecule has 3 heterocycles. The number of hydrogen-bond donors (Lipinski definition) is 1. The zero-order valence-electron chi connectivity index (χ0n) is 16.1. The lowest BCUT2D eigenvalue weighted by Crippen LogP contribution is -2.30. The van der Waals surface area contributed by atoms with Gasteiger partial charge in [-0.15, -0.1) is 0 Å². The number of carbonyl (C=O) groups is 1. The zero-order valence-corrected chi connectivity index (χ0v) is 16.1. The summed E-state index contributed by atoms with van der Waals surface area (Å²) < 4.78 is 1.55. The minimum Gasteiger partial charge on any atom is -0.391 e. The van der Waals surface area contributed by atoms with Crippen molar-refractivity contribution >= 4 is 16.8 Å². The van der Waals surface area contributed by atoms with Crippen LogP contribution in [0.15, 0.2) is 59.8 Å². The molecule has 1 fully saturated rings. The summed E-state index contributed by atoms with van der Waals surface area (Å²) in [5.41, 5.74) is 1.51. The van der Waals surface area contributed by atoms with Gasteiger partial charge in [-0.2, -0.15) is 0 Å². The van der Waals surface area contributed by atoms with Gasteiger partial charge in [-0.3, -0.25) is 19.1 Å². The number of amides is 1. The number of carbonyl (C=O) groups excluding carboxylic acids is 1. The lowest BCUT2D eigenvalue weighted by atomic mass is 10.00. The van der Waals surface area contributed by atoms with Crippen molar-refractivity contribution in [1.82, 2.24) is 19.4 Å². The number of aliphatic hydroxyl groups is 1. The van der Waals surface area contributed by atoms with Crippen molar-refractivity contribution in [2.24, 2.45) is 5.92 Å². The lowest BCUT2D eigenvalue weighted by Gasteiger charge is -2.16. The highest BCUT2D eigenvalue weighted by Gasteiger charge is 2.33. The van der Waals surface area contributed by atoms with Crippen molar-refractivity contribution < 1.29 is 9.90 Å². The van der Waals surface area contributed by atoms with E-state index in [2.05, 4.69) is 9.97 Å². The van der Waals surface area contributed by atoms with E-state index in [1.807, 2.05) is 36.4 Å². The Bertz CT molecular complexity index is 1050. The minimum atomic E-state index is -0.534. The molecule has 0 bridgehead atoms. The molecule has 2 aromatic heterocycles. The van der Waals surface area contributed by atoms with Crippen molar-refractivity contribution in [3.63, 3.8) is 0 Å². The summed E-state index contributed by atoms with van der Waals surface area (Å²) in [6, 6.07) is 13.0. The lowest BCUT2D eigenvalue weighted by molar-refractivity contribution is -0.130. The highest BCUT2D eigenvalue weighted by Crippen LogP contribution is 2.21. The molecule has 0 saturated carbocycles. The molecule has 1 aliphatic rings. The predicted molar refractivity (Wildman–Crippen MR) is 109 cm³/mol. The molecule has 0 spiro atoms. The average molecular weight is 392 g/mol. The van der Waals surface area contributed by atoms with Gasteiger partial charge in [-0.25, -0.2) is 4.98 Å². The number of β-amino-alcohol motifs (C(OH)–C–C–N with tert-alkyl or cyclic N) is 1. The van der Waals surface area contributed by atoms with Crippen molar-refractivity contribution in [1.29, 1.82) is 0 Å². The van der Waals surface area contributed by atoms with Gasteiger partial charge >= 0.3 is 0 Å². The molecule has 3 aromatic rings. The second kappa shape index (κ2) is 8.53. The SMILES string of the molecule is O=C(CCCn1cnc2ccccc2c1=O)N1C[C@@H](Cc2ccccn2)[C@H](O)C1. The van der Waals surface area contributed by atoms with E-state index >= 15 is 0 Å². The third-order valence-corrected chi connectivity index (χ3v) is 5.48. The number of nitrogens with zero attached hydrogens (tertiary/aromatic N) is 4. The van der Waals surface area contributed by atoms with Gasteiger partial charge < -0.3 is 10.0 Å². The second-order valence-corrected chi connectivity index (χ2v) is 7.52. The van der Waals surface area contributed by atoms with Gasteiger partial charge in [0.2, 0.25) is 5.91 Å². The number of fused-ring (bicyclic) bond motifs is 1. The fourth-order valence-corrected chi connectivity index (χ4v) is 3.87. The van der Waals surface area contributed by atoms with Gasteiger partial charge in [0.1, 0.15) is 0 Å². The van der Waals surface area contributed by atoms with Gasteiger partial charge in [-0.05, 0) is 37.1 Å². The molecule has 29 heavy (non-hydrogen) atoms. The number of likely N-dealkylation sites (tertiary alicyclic amines) is 1. The molecule has 7 heteroatoms. The van der Waals surface area contributed by atoms with Crippen LogP contribution < -0.4 is 5.56 Å². The van der Waals surface area contributed by atoms with Gasteiger partial charge in [0.15, 0.2) is 0 Å². The third-order valence-electron chi connectivity index (χ3n) is 5.48. The van der Waals surface area contributed by atoms with E-state index in [9.17, 15) is 14.7 Å². The van der Waals surface area contributed by atoms with Crippen LogP contribution in [0.5, 0.6) is 0 Å². The summed E-state index contributed by atoms with van der Waals surface area (Å²) in [5, 5.41) is 10.9. The number of rotatable bonds is 6. The minimum absolute atomic E-state index is 0.00107. The molecule has 1 amide bonds. The fourth-order valence-electron chi connectivity index (χ4n) is 3.87. The maximum Gasteiger partial charge on any atom is 0.261 e. The maximum atomic E-state index is 12.6. The third kappa shape index (κ3) is 4.35. The summed E-state index contributed by atoms with van der Waals surface area (Å²) in [6.45, 7) is 1.33. The Kier molecular flexibility index (Phi) is 5.67. The Morgan fingerprint density at radius 1 is 1.10 bits per heavy atom. The molecule has 1 aromatic carbocycles. The van der Waals surface area contributed by atoms with Gasteiger partial charge in [0, 0.05) is 43.9 Å². The number of pyridine rings is 1. The molecule has 4 rings (SSSR count). The smallest absolute Gasteiger partial charge is 0.261 e. The number of hydrogen-bond acceptors (Lipinski definition) is 5. The van der Waals surface area contributed by atoms with Crippen molar-refractivity contribution in [2.75, 3.05) is 13.1 Å². The quantitative estimate of drug-likeness (QED) is 0.689. The van der Waals surface area contributed by atoms with Crippen LogP contribution in [0.25, 0.3) is 10.9 Å². The molecular weight excluding hydrogens is 368 g/mol. The largest absolute Gasteiger partial charge is 0.391 e. The van der Waals surface area contributed by atoms with E-state index < -0.39 is 6.10 Å². The molecule has 150 valence electrons. The fraction of sp³-hybridized carbons (Fsp3) is 0.364.